The second-order valence-electron chi connectivity index (χ2n) is 7.19. The summed E-state index contributed by atoms with van der Waals surface area (Å²) in [5, 5.41) is 1.84. The lowest BCUT2D eigenvalue weighted by molar-refractivity contribution is 0.00448. The van der Waals surface area contributed by atoms with Crippen molar-refractivity contribution in [2.24, 2.45) is 5.92 Å². The van der Waals surface area contributed by atoms with Gasteiger partial charge in [-0.25, -0.2) is 4.98 Å². The highest BCUT2D eigenvalue weighted by molar-refractivity contribution is 6.35. The van der Waals surface area contributed by atoms with Crippen molar-refractivity contribution in [3.63, 3.8) is 0 Å². The fourth-order valence-corrected chi connectivity index (χ4v) is 4.39. The maximum atomic E-state index is 6.32. The third-order valence-electron chi connectivity index (χ3n) is 5.82. The standard InChI is InChI=1S/C20H26ClN3O/c1-15(23-11-13-25-14-12-23)16-7-9-24(10-8-16)19-6-5-17-3-2-4-18(21)20(17)22-19/h2-6,15-16H,7-14H2,1H3/t15-/m0/s1. The maximum Gasteiger partial charge on any atom is 0.129 e. The minimum Gasteiger partial charge on any atom is -0.379 e. The molecule has 0 radical (unpaired) electrons. The summed E-state index contributed by atoms with van der Waals surface area (Å²) in [5.41, 5.74) is 0.908. The van der Waals surface area contributed by atoms with Gasteiger partial charge in [0.2, 0.25) is 0 Å². The van der Waals surface area contributed by atoms with Gasteiger partial charge in [0, 0.05) is 37.6 Å². The fraction of sp³-hybridized carbons (Fsp3) is 0.550. The molecule has 2 saturated heterocycles. The number of halogens is 1. The van der Waals surface area contributed by atoms with E-state index in [1.165, 1.54) is 12.8 Å². The number of anilines is 1. The van der Waals surface area contributed by atoms with Crippen LogP contribution < -0.4 is 4.90 Å². The molecule has 2 aliphatic heterocycles. The van der Waals surface area contributed by atoms with E-state index in [1.54, 1.807) is 0 Å². The Morgan fingerprint density at radius 2 is 1.84 bits per heavy atom. The van der Waals surface area contributed by atoms with E-state index in [1.807, 2.05) is 12.1 Å². The predicted octanol–water partition coefficient (Wildman–Crippen LogP) is 3.83. The average Bonchev–Trinajstić information content (AvgIpc) is 2.68. The van der Waals surface area contributed by atoms with Gasteiger partial charge in [-0.05, 0) is 43.9 Å². The largest absolute Gasteiger partial charge is 0.379 e. The van der Waals surface area contributed by atoms with Crippen LogP contribution >= 0.6 is 11.6 Å². The molecule has 0 saturated carbocycles. The first-order valence-corrected chi connectivity index (χ1v) is 9.72. The Morgan fingerprint density at radius 3 is 2.60 bits per heavy atom. The maximum absolute atomic E-state index is 6.32. The number of ether oxygens (including phenoxy) is 1. The number of nitrogens with zero attached hydrogens (tertiary/aromatic N) is 3. The van der Waals surface area contributed by atoms with Gasteiger partial charge in [-0.2, -0.15) is 0 Å². The normalized spacial score (nSPS) is 21.6. The van der Waals surface area contributed by atoms with Crippen LogP contribution in [0.15, 0.2) is 30.3 Å². The topological polar surface area (TPSA) is 28.6 Å². The molecule has 2 aliphatic rings. The molecular weight excluding hydrogens is 334 g/mol. The van der Waals surface area contributed by atoms with Crippen LogP contribution in [0.2, 0.25) is 5.02 Å². The van der Waals surface area contributed by atoms with Gasteiger partial charge >= 0.3 is 0 Å². The number of aromatic nitrogens is 1. The zero-order chi connectivity index (χ0) is 17.2. The quantitative estimate of drug-likeness (QED) is 0.832. The smallest absolute Gasteiger partial charge is 0.129 e. The number of pyridine rings is 1. The van der Waals surface area contributed by atoms with Crippen LogP contribution in [-0.2, 0) is 4.74 Å². The number of fused-ring (bicyclic) bond motifs is 1. The Kier molecular flexibility index (Phi) is 5.11. The van der Waals surface area contributed by atoms with Crippen molar-refractivity contribution in [2.45, 2.75) is 25.8 Å². The molecule has 2 fully saturated rings. The zero-order valence-corrected chi connectivity index (χ0v) is 15.6. The number of benzene rings is 1. The molecular formula is C20H26ClN3O. The Labute approximate surface area is 154 Å². The van der Waals surface area contributed by atoms with E-state index in [2.05, 4.69) is 34.9 Å². The Hall–Kier alpha value is -1.36. The molecule has 2 aromatic rings. The summed E-state index contributed by atoms with van der Waals surface area (Å²) < 4.78 is 5.49. The number of piperidine rings is 1. The van der Waals surface area contributed by atoms with E-state index in [-0.39, 0.29) is 0 Å². The monoisotopic (exact) mass is 359 g/mol. The van der Waals surface area contributed by atoms with E-state index in [9.17, 15) is 0 Å². The van der Waals surface area contributed by atoms with Crippen molar-refractivity contribution >= 4 is 28.3 Å². The molecule has 1 aromatic carbocycles. The van der Waals surface area contributed by atoms with Crippen molar-refractivity contribution < 1.29 is 4.74 Å². The summed E-state index contributed by atoms with van der Waals surface area (Å²) in [6.07, 6.45) is 2.45. The van der Waals surface area contributed by atoms with Gasteiger partial charge in [0.15, 0.2) is 0 Å². The molecule has 0 unspecified atom stereocenters. The van der Waals surface area contributed by atoms with Gasteiger partial charge in [-0.3, -0.25) is 4.90 Å². The summed E-state index contributed by atoms with van der Waals surface area (Å²) in [5.74, 6) is 1.82. The van der Waals surface area contributed by atoms with Crippen LogP contribution in [-0.4, -0.2) is 55.3 Å². The lowest BCUT2D eigenvalue weighted by Gasteiger charge is -2.41. The van der Waals surface area contributed by atoms with E-state index in [0.717, 1.165) is 67.1 Å². The van der Waals surface area contributed by atoms with Gasteiger partial charge in [0.25, 0.3) is 0 Å². The Morgan fingerprint density at radius 1 is 1.08 bits per heavy atom. The summed E-state index contributed by atoms with van der Waals surface area (Å²) in [6.45, 7) is 8.44. The number of hydrogen-bond donors (Lipinski definition) is 0. The van der Waals surface area contributed by atoms with Crippen LogP contribution in [0.5, 0.6) is 0 Å². The second kappa shape index (κ2) is 7.48. The first-order chi connectivity index (χ1) is 12.2. The van der Waals surface area contributed by atoms with Crippen LogP contribution in [0.25, 0.3) is 10.9 Å². The van der Waals surface area contributed by atoms with Crippen LogP contribution in [0, 0.1) is 5.92 Å². The van der Waals surface area contributed by atoms with Gasteiger partial charge in [-0.15, -0.1) is 0 Å². The van der Waals surface area contributed by atoms with Crippen molar-refractivity contribution in [1.29, 1.82) is 0 Å². The minimum atomic E-state index is 0.644. The molecule has 0 bridgehead atoms. The zero-order valence-electron chi connectivity index (χ0n) is 14.8. The summed E-state index contributed by atoms with van der Waals surface area (Å²) >= 11 is 6.32. The molecule has 3 heterocycles. The summed E-state index contributed by atoms with van der Waals surface area (Å²) in [6, 6.07) is 10.9. The lowest BCUT2D eigenvalue weighted by atomic mass is 9.89. The average molecular weight is 360 g/mol. The highest BCUT2D eigenvalue weighted by Gasteiger charge is 2.29. The number of morpholine rings is 1. The number of para-hydroxylation sites is 1. The molecule has 134 valence electrons. The third kappa shape index (κ3) is 3.62. The van der Waals surface area contributed by atoms with E-state index < -0.39 is 0 Å². The minimum absolute atomic E-state index is 0.644. The highest BCUT2D eigenvalue weighted by atomic mass is 35.5. The van der Waals surface area contributed by atoms with Gasteiger partial charge in [0.1, 0.15) is 5.82 Å². The molecule has 5 heteroatoms. The van der Waals surface area contributed by atoms with Crippen LogP contribution in [0.1, 0.15) is 19.8 Å². The van der Waals surface area contributed by atoms with Crippen LogP contribution in [0.4, 0.5) is 5.82 Å². The highest BCUT2D eigenvalue weighted by Crippen LogP contribution is 2.29. The van der Waals surface area contributed by atoms with Crippen LogP contribution in [0.3, 0.4) is 0 Å². The van der Waals surface area contributed by atoms with Crippen molar-refractivity contribution in [2.75, 3.05) is 44.3 Å². The molecule has 0 aliphatic carbocycles. The molecule has 0 amide bonds. The molecule has 0 spiro atoms. The predicted molar refractivity (Wildman–Crippen MR) is 104 cm³/mol. The van der Waals surface area contributed by atoms with Crippen molar-refractivity contribution in [3.05, 3.63) is 35.4 Å². The van der Waals surface area contributed by atoms with E-state index in [0.29, 0.717) is 6.04 Å². The first kappa shape index (κ1) is 17.1. The third-order valence-corrected chi connectivity index (χ3v) is 6.13. The number of rotatable bonds is 3. The summed E-state index contributed by atoms with van der Waals surface area (Å²) in [7, 11) is 0. The molecule has 4 rings (SSSR count). The number of hydrogen-bond acceptors (Lipinski definition) is 4. The van der Waals surface area contributed by atoms with E-state index >= 15 is 0 Å². The summed E-state index contributed by atoms with van der Waals surface area (Å²) in [4.78, 5) is 9.83. The second-order valence-corrected chi connectivity index (χ2v) is 7.60. The molecule has 25 heavy (non-hydrogen) atoms. The van der Waals surface area contributed by atoms with Gasteiger partial charge in [0.05, 0.1) is 23.8 Å². The van der Waals surface area contributed by atoms with Crippen molar-refractivity contribution in [3.8, 4) is 0 Å². The van der Waals surface area contributed by atoms with E-state index in [4.69, 9.17) is 21.3 Å². The van der Waals surface area contributed by atoms with Gasteiger partial charge in [-0.1, -0.05) is 23.7 Å². The van der Waals surface area contributed by atoms with Crippen molar-refractivity contribution in [1.82, 2.24) is 9.88 Å². The molecule has 0 N–H and O–H groups in total. The fourth-order valence-electron chi connectivity index (χ4n) is 4.17. The SMILES string of the molecule is C[C@@H](C1CCN(c2ccc3cccc(Cl)c3n2)CC1)N1CCOCC1. The molecule has 4 nitrogen and oxygen atoms in total. The van der Waals surface area contributed by atoms with Gasteiger partial charge < -0.3 is 9.64 Å². The lowest BCUT2D eigenvalue weighted by Crippen LogP contribution is -2.48. The molecule has 1 atom stereocenters. The first-order valence-electron chi connectivity index (χ1n) is 9.34. The molecule has 1 aromatic heterocycles. The Balaban J connectivity index is 1.42. The Bertz CT molecular complexity index is 724.